The summed E-state index contributed by atoms with van der Waals surface area (Å²) >= 11 is 0. The second-order valence-corrected chi connectivity index (χ2v) is 3.67. The van der Waals surface area contributed by atoms with Crippen molar-refractivity contribution in [3.63, 3.8) is 0 Å². The van der Waals surface area contributed by atoms with Crippen molar-refractivity contribution in [1.29, 1.82) is 5.26 Å². The van der Waals surface area contributed by atoms with E-state index in [2.05, 4.69) is 0 Å². The van der Waals surface area contributed by atoms with Gasteiger partial charge in [-0.2, -0.15) is 5.26 Å². The Bertz CT molecular complexity index is 394. The number of ether oxygens (including phenoxy) is 1. The molecule has 15 heavy (non-hydrogen) atoms. The molecule has 5 nitrogen and oxygen atoms in total. The molecule has 2 aliphatic rings. The first-order valence-corrected chi connectivity index (χ1v) is 4.73. The molecule has 2 heterocycles. The molecule has 0 radical (unpaired) electrons. The average Bonchev–Trinajstić information content (AvgIpc) is 2.52. The Morgan fingerprint density at radius 2 is 2.47 bits per heavy atom. The second kappa shape index (κ2) is 3.39. The van der Waals surface area contributed by atoms with Gasteiger partial charge in [0.05, 0.1) is 0 Å². The molecule has 0 unspecified atom stereocenters. The monoisotopic (exact) mass is 206 g/mol. The molecular weight excluding hydrogens is 196 g/mol. The zero-order valence-electron chi connectivity index (χ0n) is 8.27. The Balaban J connectivity index is 2.25. The van der Waals surface area contributed by atoms with Gasteiger partial charge in [-0.1, -0.05) is 0 Å². The number of nitrogens with zero attached hydrogens (tertiary/aromatic N) is 2. The van der Waals surface area contributed by atoms with Gasteiger partial charge < -0.3 is 4.74 Å². The Morgan fingerprint density at radius 1 is 1.73 bits per heavy atom. The Morgan fingerprint density at radius 3 is 3.07 bits per heavy atom. The number of allylic oxidation sites excluding steroid dienone is 2. The third-order valence-corrected chi connectivity index (χ3v) is 2.67. The number of imide groups is 1. The highest BCUT2D eigenvalue weighted by molar-refractivity contribution is 5.96. The van der Waals surface area contributed by atoms with Gasteiger partial charge in [0.15, 0.2) is 12.0 Å². The molecule has 0 saturated carbocycles. The lowest BCUT2D eigenvalue weighted by Gasteiger charge is -2.28. The van der Waals surface area contributed by atoms with Crippen LogP contribution in [0.1, 0.15) is 19.8 Å². The van der Waals surface area contributed by atoms with Gasteiger partial charge in [0.1, 0.15) is 6.07 Å². The SMILES string of the molecule is CC(=O)N1C(=O)C[C@@H]2CC=C(C#N)O[C@@H]21. The van der Waals surface area contributed by atoms with E-state index in [0.29, 0.717) is 12.8 Å². The summed E-state index contributed by atoms with van der Waals surface area (Å²) in [5, 5.41) is 8.67. The predicted molar refractivity (Wildman–Crippen MR) is 48.8 cm³/mol. The number of hydrogen-bond acceptors (Lipinski definition) is 4. The third kappa shape index (κ3) is 1.48. The number of hydrogen-bond donors (Lipinski definition) is 0. The van der Waals surface area contributed by atoms with Crippen molar-refractivity contribution in [2.24, 2.45) is 5.92 Å². The highest BCUT2D eigenvalue weighted by atomic mass is 16.5. The van der Waals surface area contributed by atoms with Crippen LogP contribution in [0.4, 0.5) is 0 Å². The number of carbonyl (C=O) groups excluding carboxylic acids is 2. The molecule has 2 rings (SSSR count). The van der Waals surface area contributed by atoms with Crippen LogP contribution in [0.3, 0.4) is 0 Å². The molecule has 2 aliphatic heterocycles. The molecule has 0 aromatic carbocycles. The minimum absolute atomic E-state index is 0.00139. The summed E-state index contributed by atoms with van der Waals surface area (Å²) in [7, 11) is 0. The third-order valence-electron chi connectivity index (χ3n) is 2.67. The molecule has 5 heteroatoms. The standard InChI is InChI=1S/C10H10N2O3/c1-6(13)12-9(14)4-7-2-3-8(5-11)15-10(7)12/h3,7,10H,2,4H2,1H3/t7-,10-/m0/s1. The predicted octanol–water partition coefficient (Wildman–Crippen LogP) is 0.535. The van der Waals surface area contributed by atoms with Gasteiger partial charge >= 0.3 is 0 Å². The number of fused-ring (bicyclic) bond motifs is 1. The lowest BCUT2D eigenvalue weighted by Crippen LogP contribution is -2.41. The zero-order chi connectivity index (χ0) is 11.0. The maximum atomic E-state index is 11.5. The van der Waals surface area contributed by atoms with Crippen LogP contribution >= 0.6 is 0 Å². The number of carbonyl (C=O) groups is 2. The molecule has 0 aliphatic carbocycles. The van der Waals surface area contributed by atoms with Crippen LogP contribution in [0, 0.1) is 17.2 Å². The number of nitriles is 1. The van der Waals surface area contributed by atoms with Crippen molar-refractivity contribution in [1.82, 2.24) is 4.90 Å². The summed E-state index contributed by atoms with van der Waals surface area (Å²) < 4.78 is 5.29. The first kappa shape index (κ1) is 9.71. The molecule has 0 bridgehead atoms. The maximum Gasteiger partial charge on any atom is 0.232 e. The molecule has 2 atom stereocenters. The number of amides is 2. The van der Waals surface area contributed by atoms with Gasteiger partial charge in [0, 0.05) is 19.3 Å². The first-order valence-electron chi connectivity index (χ1n) is 4.73. The van der Waals surface area contributed by atoms with Crippen LogP contribution in [0.5, 0.6) is 0 Å². The molecular formula is C10H10N2O3. The Labute approximate surface area is 86.9 Å². The van der Waals surface area contributed by atoms with Crippen molar-refractivity contribution in [3.8, 4) is 6.07 Å². The van der Waals surface area contributed by atoms with E-state index in [9.17, 15) is 9.59 Å². The van der Waals surface area contributed by atoms with Gasteiger partial charge in [-0.25, -0.2) is 4.90 Å². The van der Waals surface area contributed by atoms with E-state index >= 15 is 0 Å². The summed E-state index contributed by atoms with van der Waals surface area (Å²) in [4.78, 5) is 23.8. The molecule has 78 valence electrons. The fourth-order valence-electron chi connectivity index (χ4n) is 1.99. The fourth-order valence-corrected chi connectivity index (χ4v) is 1.99. The first-order chi connectivity index (χ1) is 7.13. The summed E-state index contributed by atoms with van der Waals surface area (Å²) in [6.45, 7) is 1.33. The summed E-state index contributed by atoms with van der Waals surface area (Å²) in [5.41, 5.74) is 0. The number of likely N-dealkylation sites (tertiary alicyclic amines) is 1. The lowest BCUT2D eigenvalue weighted by molar-refractivity contribution is -0.150. The smallest absolute Gasteiger partial charge is 0.232 e. The van der Waals surface area contributed by atoms with E-state index in [0.717, 1.165) is 4.90 Å². The molecule has 0 N–H and O–H groups in total. The summed E-state index contributed by atoms with van der Waals surface area (Å²) in [6, 6.07) is 1.88. The van der Waals surface area contributed by atoms with Crippen LogP contribution < -0.4 is 0 Å². The quantitative estimate of drug-likeness (QED) is 0.579. The van der Waals surface area contributed by atoms with Crippen LogP contribution in [-0.4, -0.2) is 22.9 Å². The van der Waals surface area contributed by atoms with Crippen LogP contribution in [0.25, 0.3) is 0 Å². The molecule has 1 saturated heterocycles. The van der Waals surface area contributed by atoms with Crippen LogP contribution in [0.15, 0.2) is 11.8 Å². The van der Waals surface area contributed by atoms with E-state index in [1.54, 1.807) is 6.08 Å². The number of rotatable bonds is 0. The van der Waals surface area contributed by atoms with E-state index in [-0.39, 0.29) is 23.5 Å². The van der Waals surface area contributed by atoms with E-state index in [1.165, 1.54) is 6.92 Å². The zero-order valence-corrected chi connectivity index (χ0v) is 8.27. The van der Waals surface area contributed by atoms with Crippen molar-refractivity contribution in [2.45, 2.75) is 26.0 Å². The van der Waals surface area contributed by atoms with Crippen molar-refractivity contribution >= 4 is 11.8 Å². The molecule has 2 amide bonds. The summed E-state index contributed by atoms with van der Waals surface area (Å²) in [5.74, 6) is -0.354. The van der Waals surface area contributed by atoms with Gasteiger partial charge in [0.25, 0.3) is 0 Å². The Hall–Kier alpha value is -1.83. The fraction of sp³-hybridized carbons (Fsp3) is 0.500. The highest BCUT2D eigenvalue weighted by Gasteiger charge is 2.45. The van der Waals surface area contributed by atoms with Crippen molar-refractivity contribution in [3.05, 3.63) is 11.8 Å². The van der Waals surface area contributed by atoms with Gasteiger partial charge in [-0.15, -0.1) is 0 Å². The van der Waals surface area contributed by atoms with Crippen LogP contribution in [-0.2, 0) is 14.3 Å². The topological polar surface area (TPSA) is 70.4 Å². The van der Waals surface area contributed by atoms with E-state index in [4.69, 9.17) is 10.00 Å². The van der Waals surface area contributed by atoms with Crippen molar-refractivity contribution < 1.29 is 14.3 Å². The van der Waals surface area contributed by atoms with E-state index in [1.807, 2.05) is 6.07 Å². The largest absolute Gasteiger partial charge is 0.460 e. The van der Waals surface area contributed by atoms with Crippen molar-refractivity contribution in [2.75, 3.05) is 0 Å². The van der Waals surface area contributed by atoms with Crippen LogP contribution in [0.2, 0.25) is 0 Å². The highest BCUT2D eigenvalue weighted by Crippen LogP contribution is 2.34. The van der Waals surface area contributed by atoms with Gasteiger partial charge in [-0.3, -0.25) is 9.59 Å². The summed E-state index contributed by atoms with van der Waals surface area (Å²) in [6.07, 6.45) is 2.02. The van der Waals surface area contributed by atoms with Gasteiger partial charge in [-0.05, 0) is 12.5 Å². The lowest BCUT2D eigenvalue weighted by atomic mass is 10.0. The molecule has 0 spiro atoms. The second-order valence-electron chi connectivity index (χ2n) is 3.67. The van der Waals surface area contributed by atoms with E-state index < -0.39 is 6.23 Å². The average molecular weight is 206 g/mol. The normalized spacial score (nSPS) is 28.9. The maximum absolute atomic E-state index is 11.5. The minimum atomic E-state index is -0.574. The minimum Gasteiger partial charge on any atom is -0.460 e. The Kier molecular flexibility index (Phi) is 2.19. The molecule has 0 aromatic heterocycles. The van der Waals surface area contributed by atoms with Gasteiger partial charge in [0.2, 0.25) is 11.8 Å². The molecule has 1 fully saturated rings. The molecule has 0 aromatic rings.